The summed E-state index contributed by atoms with van der Waals surface area (Å²) in [6.45, 7) is 5.96. The van der Waals surface area contributed by atoms with Crippen LogP contribution in [-0.4, -0.2) is 51.8 Å². The third kappa shape index (κ3) is 4.66. The third-order valence-corrected chi connectivity index (χ3v) is 4.46. The van der Waals surface area contributed by atoms with Crippen LogP contribution in [0.15, 0.2) is 30.3 Å². The van der Waals surface area contributed by atoms with Gasteiger partial charge in [0.25, 0.3) is 0 Å². The number of ether oxygens (including phenoxy) is 1. The van der Waals surface area contributed by atoms with Gasteiger partial charge in [-0.2, -0.15) is 5.10 Å². The molecule has 1 aromatic heterocycles. The van der Waals surface area contributed by atoms with Crippen molar-refractivity contribution in [2.75, 3.05) is 19.7 Å². The summed E-state index contributed by atoms with van der Waals surface area (Å²) in [7, 11) is 0. The quantitative estimate of drug-likeness (QED) is 0.876. The second-order valence-corrected chi connectivity index (χ2v) is 6.76. The minimum absolute atomic E-state index is 0.160. The van der Waals surface area contributed by atoms with Gasteiger partial charge in [0.1, 0.15) is 5.82 Å². The Labute approximate surface area is 148 Å². The molecule has 0 bridgehead atoms. The number of aromatic nitrogens is 3. The fourth-order valence-electron chi connectivity index (χ4n) is 3.14. The van der Waals surface area contributed by atoms with Crippen molar-refractivity contribution in [1.29, 1.82) is 0 Å². The number of likely N-dealkylation sites (tertiary alicyclic amines) is 1. The van der Waals surface area contributed by atoms with Crippen molar-refractivity contribution in [3.8, 4) is 11.4 Å². The van der Waals surface area contributed by atoms with E-state index in [1.807, 2.05) is 49.1 Å². The number of hydrogen-bond acceptors (Lipinski definition) is 4. The molecule has 0 saturated carbocycles. The molecule has 1 aromatic carbocycles. The molecule has 6 heteroatoms. The molecule has 1 aliphatic rings. The zero-order chi connectivity index (χ0) is 17.6. The largest absolute Gasteiger partial charge is 0.378 e. The fraction of sp³-hybridized carbons (Fsp3) is 0.526. The van der Waals surface area contributed by atoms with E-state index in [2.05, 4.69) is 15.2 Å². The predicted octanol–water partition coefficient (Wildman–Crippen LogP) is 2.99. The van der Waals surface area contributed by atoms with E-state index in [9.17, 15) is 4.79 Å². The van der Waals surface area contributed by atoms with Gasteiger partial charge in [-0.3, -0.25) is 9.89 Å². The summed E-state index contributed by atoms with van der Waals surface area (Å²) in [6.07, 6.45) is 2.61. The topological polar surface area (TPSA) is 71.1 Å². The zero-order valence-corrected chi connectivity index (χ0v) is 14.9. The van der Waals surface area contributed by atoms with Crippen molar-refractivity contribution in [2.45, 2.75) is 45.1 Å². The lowest BCUT2D eigenvalue weighted by Crippen LogP contribution is -2.39. The molecule has 0 spiro atoms. The van der Waals surface area contributed by atoms with Crippen LogP contribution in [0.5, 0.6) is 0 Å². The molecule has 1 unspecified atom stereocenters. The first-order chi connectivity index (χ1) is 12.1. The first kappa shape index (κ1) is 17.6. The highest BCUT2D eigenvalue weighted by Crippen LogP contribution is 2.26. The third-order valence-electron chi connectivity index (χ3n) is 4.46. The molecule has 134 valence electrons. The Morgan fingerprint density at radius 2 is 2.16 bits per heavy atom. The van der Waals surface area contributed by atoms with E-state index in [0.717, 1.165) is 30.8 Å². The number of amides is 1. The van der Waals surface area contributed by atoms with Crippen LogP contribution in [-0.2, 0) is 9.53 Å². The minimum atomic E-state index is 0.160. The Kier molecular flexibility index (Phi) is 5.81. The van der Waals surface area contributed by atoms with Gasteiger partial charge in [0.15, 0.2) is 5.82 Å². The van der Waals surface area contributed by atoms with Gasteiger partial charge in [-0.1, -0.05) is 30.3 Å². The first-order valence-electron chi connectivity index (χ1n) is 9.00. The highest BCUT2D eigenvalue weighted by Gasteiger charge is 2.27. The molecule has 1 atom stereocenters. The molecule has 2 aromatic rings. The molecule has 1 fully saturated rings. The first-order valence-corrected chi connectivity index (χ1v) is 9.00. The maximum atomic E-state index is 12.4. The molecule has 0 aliphatic carbocycles. The van der Waals surface area contributed by atoms with Crippen LogP contribution < -0.4 is 0 Å². The number of H-pyrrole nitrogens is 1. The van der Waals surface area contributed by atoms with Crippen molar-refractivity contribution in [2.24, 2.45) is 0 Å². The lowest BCUT2D eigenvalue weighted by atomic mass is 9.97. The van der Waals surface area contributed by atoms with E-state index in [-0.39, 0.29) is 17.9 Å². The van der Waals surface area contributed by atoms with Crippen LogP contribution in [0.3, 0.4) is 0 Å². The van der Waals surface area contributed by atoms with E-state index < -0.39 is 0 Å². The number of carbonyl (C=O) groups excluding carboxylic acids is 1. The van der Waals surface area contributed by atoms with E-state index in [4.69, 9.17) is 4.74 Å². The Bertz CT molecular complexity index is 684. The van der Waals surface area contributed by atoms with Crippen LogP contribution in [0.2, 0.25) is 0 Å². The predicted molar refractivity (Wildman–Crippen MR) is 96.1 cm³/mol. The SMILES string of the molecule is CC(C)OCCC(=O)N1CCCC(c2nc(-c3ccccc3)n[nH]2)C1. The highest BCUT2D eigenvalue weighted by atomic mass is 16.5. The summed E-state index contributed by atoms with van der Waals surface area (Å²) in [5.41, 5.74) is 1.000. The van der Waals surface area contributed by atoms with Crippen molar-refractivity contribution < 1.29 is 9.53 Å². The highest BCUT2D eigenvalue weighted by molar-refractivity contribution is 5.76. The fourth-order valence-corrected chi connectivity index (χ4v) is 3.14. The van der Waals surface area contributed by atoms with Crippen molar-refractivity contribution in [1.82, 2.24) is 20.1 Å². The average Bonchev–Trinajstić information content (AvgIpc) is 3.12. The number of carbonyl (C=O) groups is 1. The number of nitrogens with zero attached hydrogens (tertiary/aromatic N) is 3. The second-order valence-electron chi connectivity index (χ2n) is 6.76. The lowest BCUT2D eigenvalue weighted by Gasteiger charge is -2.31. The molecule has 1 aliphatic heterocycles. The van der Waals surface area contributed by atoms with Gasteiger partial charge in [-0.25, -0.2) is 4.98 Å². The van der Waals surface area contributed by atoms with Gasteiger partial charge < -0.3 is 9.64 Å². The van der Waals surface area contributed by atoms with E-state index in [1.165, 1.54) is 0 Å². The standard InChI is InChI=1S/C19H26N4O2/c1-14(2)25-12-10-17(24)23-11-6-9-16(13-23)19-20-18(21-22-19)15-7-4-3-5-8-15/h3-5,7-8,14,16H,6,9-13H2,1-2H3,(H,20,21,22). The monoisotopic (exact) mass is 342 g/mol. The normalized spacial score (nSPS) is 17.9. The summed E-state index contributed by atoms with van der Waals surface area (Å²) in [5, 5.41) is 7.41. The van der Waals surface area contributed by atoms with E-state index >= 15 is 0 Å². The second kappa shape index (κ2) is 8.25. The van der Waals surface area contributed by atoms with Crippen molar-refractivity contribution in [3.63, 3.8) is 0 Å². The number of nitrogens with one attached hydrogen (secondary N) is 1. The van der Waals surface area contributed by atoms with Crippen LogP contribution in [0.4, 0.5) is 0 Å². The van der Waals surface area contributed by atoms with Gasteiger partial charge >= 0.3 is 0 Å². The Hall–Kier alpha value is -2.21. The number of hydrogen-bond donors (Lipinski definition) is 1. The molecule has 1 N–H and O–H groups in total. The Morgan fingerprint density at radius 1 is 1.36 bits per heavy atom. The molecule has 2 heterocycles. The van der Waals surface area contributed by atoms with E-state index in [1.54, 1.807) is 0 Å². The molecule has 6 nitrogen and oxygen atoms in total. The maximum absolute atomic E-state index is 12.4. The van der Waals surface area contributed by atoms with Gasteiger partial charge in [-0.05, 0) is 26.7 Å². The maximum Gasteiger partial charge on any atom is 0.224 e. The van der Waals surface area contributed by atoms with Crippen LogP contribution in [0, 0.1) is 0 Å². The molecule has 3 rings (SSSR count). The van der Waals surface area contributed by atoms with Gasteiger partial charge in [-0.15, -0.1) is 0 Å². The molecule has 0 radical (unpaired) electrons. The van der Waals surface area contributed by atoms with Crippen molar-refractivity contribution >= 4 is 5.91 Å². The zero-order valence-electron chi connectivity index (χ0n) is 14.9. The summed E-state index contributed by atoms with van der Waals surface area (Å²) >= 11 is 0. The van der Waals surface area contributed by atoms with Crippen LogP contribution in [0.25, 0.3) is 11.4 Å². The Balaban J connectivity index is 1.60. The lowest BCUT2D eigenvalue weighted by molar-refractivity contribution is -0.133. The number of piperidine rings is 1. The van der Waals surface area contributed by atoms with E-state index in [0.29, 0.717) is 25.4 Å². The smallest absolute Gasteiger partial charge is 0.224 e. The van der Waals surface area contributed by atoms with Crippen LogP contribution in [0.1, 0.15) is 44.9 Å². The van der Waals surface area contributed by atoms with Crippen molar-refractivity contribution in [3.05, 3.63) is 36.2 Å². The summed E-state index contributed by atoms with van der Waals surface area (Å²) in [6, 6.07) is 9.93. The average molecular weight is 342 g/mol. The van der Waals surface area contributed by atoms with Gasteiger partial charge in [0, 0.05) is 24.6 Å². The Morgan fingerprint density at radius 3 is 2.92 bits per heavy atom. The molecular weight excluding hydrogens is 316 g/mol. The molecule has 1 amide bonds. The molecule has 25 heavy (non-hydrogen) atoms. The number of benzene rings is 1. The number of aromatic amines is 1. The summed E-state index contributed by atoms with van der Waals surface area (Å²) in [4.78, 5) is 19.0. The van der Waals surface area contributed by atoms with Crippen LogP contribution >= 0.6 is 0 Å². The molecule has 1 saturated heterocycles. The number of rotatable bonds is 6. The van der Waals surface area contributed by atoms with Gasteiger partial charge in [0.05, 0.1) is 19.1 Å². The summed E-state index contributed by atoms with van der Waals surface area (Å²) < 4.78 is 5.49. The summed E-state index contributed by atoms with van der Waals surface area (Å²) in [5.74, 6) is 1.96. The van der Waals surface area contributed by atoms with Gasteiger partial charge in [0.2, 0.25) is 5.91 Å². The molecular formula is C19H26N4O2. The minimum Gasteiger partial charge on any atom is -0.378 e.